The SMILES string of the molecule is COc1ccc(CCNC(=O)c2cc(Nc3cccc(N(C)C)c3)nc3ccccc23)cc1. The molecule has 1 amide bonds. The van der Waals surface area contributed by atoms with Crippen LogP contribution in [0.3, 0.4) is 0 Å². The highest BCUT2D eigenvalue weighted by Gasteiger charge is 2.13. The number of carbonyl (C=O) groups is 1. The fourth-order valence-corrected chi connectivity index (χ4v) is 3.64. The van der Waals surface area contributed by atoms with Crippen LogP contribution >= 0.6 is 0 Å². The van der Waals surface area contributed by atoms with Gasteiger partial charge in [-0.1, -0.05) is 36.4 Å². The van der Waals surface area contributed by atoms with Crippen LogP contribution in [-0.2, 0) is 6.42 Å². The molecular formula is C27H28N4O2. The van der Waals surface area contributed by atoms with Gasteiger partial charge in [-0.25, -0.2) is 4.98 Å². The Hall–Kier alpha value is -4.06. The smallest absolute Gasteiger partial charge is 0.252 e. The van der Waals surface area contributed by atoms with Crippen molar-refractivity contribution in [3.63, 3.8) is 0 Å². The second-order valence-electron chi connectivity index (χ2n) is 8.00. The molecule has 3 aromatic carbocycles. The van der Waals surface area contributed by atoms with E-state index < -0.39 is 0 Å². The fourth-order valence-electron chi connectivity index (χ4n) is 3.64. The highest BCUT2D eigenvalue weighted by molar-refractivity contribution is 6.07. The molecule has 0 atom stereocenters. The predicted molar refractivity (Wildman–Crippen MR) is 135 cm³/mol. The van der Waals surface area contributed by atoms with Crippen molar-refractivity contribution >= 4 is 34.0 Å². The van der Waals surface area contributed by atoms with Crippen LogP contribution < -0.4 is 20.3 Å². The van der Waals surface area contributed by atoms with Crippen LogP contribution in [-0.4, -0.2) is 38.6 Å². The molecule has 0 aliphatic heterocycles. The van der Waals surface area contributed by atoms with Gasteiger partial charge in [-0.05, 0) is 54.4 Å². The molecule has 0 saturated carbocycles. The first-order chi connectivity index (χ1) is 16.0. The van der Waals surface area contributed by atoms with Gasteiger partial charge in [0.15, 0.2) is 0 Å². The standard InChI is InChI=1S/C27H28N4O2/c1-31(2)21-8-6-7-20(17-21)29-26-18-24(23-9-4-5-10-25(23)30-26)27(32)28-16-15-19-11-13-22(33-3)14-12-19/h4-14,17-18H,15-16H2,1-3H3,(H,28,32)(H,29,30). The number of hydrogen-bond donors (Lipinski definition) is 2. The molecule has 33 heavy (non-hydrogen) atoms. The first-order valence-corrected chi connectivity index (χ1v) is 10.9. The highest BCUT2D eigenvalue weighted by atomic mass is 16.5. The lowest BCUT2D eigenvalue weighted by molar-refractivity contribution is 0.0955. The van der Waals surface area contributed by atoms with Crippen LogP contribution in [0, 0.1) is 0 Å². The molecule has 0 aliphatic carbocycles. The molecule has 4 aromatic rings. The third-order valence-corrected chi connectivity index (χ3v) is 5.45. The number of amides is 1. The molecule has 0 radical (unpaired) electrons. The number of pyridine rings is 1. The van der Waals surface area contributed by atoms with Crippen molar-refractivity contribution in [3.8, 4) is 5.75 Å². The number of fused-ring (bicyclic) bond motifs is 1. The van der Waals surface area contributed by atoms with Crippen molar-refractivity contribution < 1.29 is 9.53 Å². The van der Waals surface area contributed by atoms with Crippen LogP contribution in [0.2, 0.25) is 0 Å². The van der Waals surface area contributed by atoms with Crippen LogP contribution in [0.25, 0.3) is 10.9 Å². The minimum Gasteiger partial charge on any atom is -0.497 e. The topological polar surface area (TPSA) is 66.5 Å². The molecular weight excluding hydrogens is 412 g/mol. The molecule has 168 valence electrons. The zero-order chi connectivity index (χ0) is 23.2. The Morgan fingerprint density at radius 1 is 0.970 bits per heavy atom. The van der Waals surface area contributed by atoms with Crippen LogP contribution in [0.1, 0.15) is 15.9 Å². The van der Waals surface area contributed by atoms with E-state index >= 15 is 0 Å². The average molecular weight is 441 g/mol. The third-order valence-electron chi connectivity index (χ3n) is 5.45. The van der Waals surface area contributed by atoms with E-state index in [0.29, 0.717) is 17.9 Å². The maximum atomic E-state index is 13.1. The predicted octanol–water partition coefficient (Wildman–Crippen LogP) is 5.03. The Balaban J connectivity index is 1.53. The number of rotatable bonds is 8. The molecule has 0 bridgehead atoms. The van der Waals surface area contributed by atoms with Gasteiger partial charge in [0.25, 0.3) is 5.91 Å². The summed E-state index contributed by atoms with van der Waals surface area (Å²) in [4.78, 5) is 19.9. The first-order valence-electron chi connectivity index (χ1n) is 10.9. The lowest BCUT2D eigenvalue weighted by Crippen LogP contribution is -2.26. The second-order valence-corrected chi connectivity index (χ2v) is 8.00. The highest BCUT2D eigenvalue weighted by Crippen LogP contribution is 2.25. The van der Waals surface area contributed by atoms with Crippen LogP contribution in [0.4, 0.5) is 17.2 Å². The number of ether oxygens (including phenoxy) is 1. The van der Waals surface area contributed by atoms with E-state index in [9.17, 15) is 4.79 Å². The van der Waals surface area contributed by atoms with Gasteiger partial charge in [-0.15, -0.1) is 0 Å². The van der Waals surface area contributed by atoms with Crippen molar-refractivity contribution in [1.29, 1.82) is 0 Å². The average Bonchev–Trinajstić information content (AvgIpc) is 2.84. The van der Waals surface area contributed by atoms with Gasteiger partial charge in [0.2, 0.25) is 0 Å². The van der Waals surface area contributed by atoms with E-state index in [1.807, 2.05) is 97.9 Å². The number of para-hydroxylation sites is 1. The minimum atomic E-state index is -0.118. The lowest BCUT2D eigenvalue weighted by Gasteiger charge is -2.15. The molecule has 0 aliphatic rings. The molecule has 6 heteroatoms. The van der Waals surface area contributed by atoms with Gasteiger partial charge in [0, 0.05) is 37.4 Å². The Kier molecular flexibility index (Phi) is 6.74. The van der Waals surface area contributed by atoms with Gasteiger partial charge in [0.1, 0.15) is 11.6 Å². The van der Waals surface area contributed by atoms with E-state index in [1.165, 1.54) is 0 Å². The van der Waals surface area contributed by atoms with E-state index in [0.717, 1.165) is 40.0 Å². The quantitative estimate of drug-likeness (QED) is 0.402. The van der Waals surface area contributed by atoms with Gasteiger partial charge < -0.3 is 20.3 Å². The van der Waals surface area contributed by atoms with Crippen molar-refractivity contribution in [3.05, 3.63) is 90.0 Å². The first kappa shape index (κ1) is 22.1. The summed E-state index contributed by atoms with van der Waals surface area (Å²) in [5, 5.41) is 7.23. The number of carbonyl (C=O) groups excluding carboxylic acids is 1. The number of anilines is 3. The number of benzene rings is 3. The normalized spacial score (nSPS) is 10.6. The van der Waals surface area contributed by atoms with E-state index in [2.05, 4.69) is 10.6 Å². The molecule has 6 nitrogen and oxygen atoms in total. The van der Waals surface area contributed by atoms with E-state index in [-0.39, 0.29) is 5.91 Å². The van der Waals surface area contributed by atoms with Crippen molar-refractivity contribution in [2.75, 3.05) is 38.0 Å². The molecule has 1 aromatic heterocycles. The van der Waals surface area contributed by atoms with Gasteiger partial charge in [0.05, 0.1) is 18.2 Å². The molecule has 2 N–H and O–H groups in total. The summed E-state index contributed by atoms with van der Waals surface area (Å²) in [5.41, 5.74) is 4.50. The van der Waals surface area contributed by atoms with Crippen LogP contribution in [0.15, 0.2) is 78.9 Å². The lowest BCUT2D eigenvalue weighted by atomic mass is 10.1. The van der Waals surface area contributed by atoms with Gasteiger partial charge in [-0.3, -0.25) is 4.79 Å². The molecule has 0 fully saturated rings. The van der Waals surface area contributed by atoms with E-state index in [4.69, 9.17) is 9.72 Å². The minimum absolute atomic E-state index is 0.118. The Bertz CT molecular complexity index is 1250. The molecule has 0 saturated heterocycles. The van der Waals surface area contributed by atoms with E-state index in [1.54, 1.807) is 7.11 Å². The van der Waals surface area contributed by atoms with Crippen molar-refractivity contribution in [2.24, 2.45) is 0 Å². The Morgan fingerprint density at radius 2 is 1.76 bits per heavy atom. The summed E-state index contributed by atoms with van der Waals surface area (Å²) in [7, 11) is 5.65. The maximum Gasteiger partial charge on any atom is 0.252 e. The summed E-state index contributed by atoms with van der Waals surface area (Å²) in [6.07, 6.45) is 0.737. The molecule has 1 heterocycles. The summed E-state index contributed by atoms with van der Waals surface area (Å²) in [5.74, 6) is 1.33. The third kappa shape index (κ3) is 5.41. The maximum absolute atomic E-state index is 13.1. The fraction of sp³-hybridized carbons (Fsp3) is 0.185. The zero-order valence-electron chi connectivity index (χ0n) is 19.1. The number of methoxy groups -OCH3 is 1. The summed E-state index contributed by atoms with van der Waals surface area (Å²) < 4.78 is 5.20. The Morgan fingerprint density at radius 3 is 2.52 bits per heavy atom. The number of nitrogens with zero attached hydrogens (tertiary/aromatic N) is 2. The summed E-state index contributed by atoms with van der Waals surface area (Å²) in [6, 6.07) is 25.5. The zero-order valence-corrected chi connectivity index (χ0v) is 19.1. The summed E-state index contributed by atoms with van der Waals surface area (Å²) in [6.45, 7) is 0.537. The van der Waals surface area contributed by atoms with Gasteiger partial charge >= 0.3 is 0 Å². The van der Waals surface area contributed by atoms with Gasteiger partial charge in [-0.2, -0.15) is 0 Å². The number of aromatic nitrogens is 1. The van der Waals surface area contributed by atoms with Crippen molar-refractivity contribution in [2.45, 2.75) is 6.42 Å². The summed E-state index contributed by atoms with van der Waals surface area (Å²) >= 11 is 0. The second kappa shape index (κ2) is 10.0. The molecule has 0 unspecified atom stereocenters. The van der Waals surface area contributed by atoms with Crippen molar-refractivity contribution in [1.82, 2.24) is 10.3 Å². The monoisotopic (exact) mass is 440 g/mol. The molecule has 4 rings (SSSR count). The molecule has 0 spiro atoms. The number of hydrogen-bond acceptors (Lipinski definition) is 5. The largest absolute Gasteiger partial charge is 0.497 e. The Labute approximate surface area is 194 Å². The van der Waals surface area contributed by atoms with Crippen LogP contribution in [0.5, 0.6) is 5.75 Å². The number of nitrogens with one attached hydrogen (secondary N) is 2.